The molecule has 2 heterocycles. The fourth-order valence-corrected chi connectivity index (χ4v) is 5.66. The molecule has 2 unspecified atom stereocenters. The van der Waals surface area contributed by atoms with E-state index in [9.17, 15) is 18.8 Å². The first kappa shape index (κ1) is 29.0. The molecule has 3 aromatic carbocycles. The lowest BCUT2D eigenvalue weighted by Crippen LogP contribution is -2.42. The number of benzene rings is 3. The Bertz CT molecular complexity index is 1560. The van der Waals surface area contributed by atoms with Crippen LogP contribution in [0.2, 0.25) is 0 Å². The first-order valence-corrected chi connectivity index (χ1v) is 14.5. The molecular formula is C31H30FN5O4S. The molecule has 2 N–H and O–H groups in total. The van der Waals surface area contributed by atoms with Gasteiger partial charge in [-0.05, 0) is 54.8 Å². The number of carbonyl (C=O) groups is 3. The van der Waals surface area contributed by atoms with E-state index in [0.29, 0.717) is 40.1 Å². The van der Waals surface area contributed by atoms with Crippen LogP contribution in [-0.4, -0.2) is 52.0 Å². The second kappa shape index (κ2) is 13.0. The summed E-state index contributed by atoms with van der Waals surface area (Å²) in [5.41, 5.74) is 2.69. The van der Waals surface area contributed by atoms with Crippen molar-refractivity contribution in [3.05, 3.63) is 89.7 Å². The number of hydrogen-bond acceptors (Lipinski definition) is 7. The maximum atomic E-state index is 13.6. The van der Waals surface area contributed by atoms with E-state index in [2.05, 4.69) is 10.6 Å². The van der Waals surface area contributed by atoms with Crippen molar-refractivity contribution in [3.8, 4) is 5.75 Å². The molecule has 3 aromatic rings. The molecule has 42 heavy (non-hydrogen) atoms. The molecule has 2 atom stereocenters. The van der Waals surface area contributed by atoms with Crippen molar-refractivity contribution in [1.82, 2.24) is 10.2 Å². The molecule has 216 valence electrons. The number of nitrogens with zero attached hydrogens (tertiary/aromatic N) is 3. The highest BCUT2D eigenvalue weighted by molar-refractivity contribution is 8.15. The molecule has 0 aromatic heterocycles. The van der Waals surface area contributed by atoms with Crippen LogP contribution in [0.1, 0.15) is 37.3 Å². The van der Waals surface area contributed by atoms with Gasteiger partial charge in [-0.15, -0.1) is 0 Å². The molecular weight excluding hydrogens is 557 g/mol. The summed E-state index contributed by atoms with van der Waals surface area (Å²) in [6.45, 7) is 2.15. The maximum Gasteiger partial charge on any atom is 0.259 e. The Balaban J connectivity index is 1.29. The minimum atomic E-state index is -0.768. The predicted octanol–water partition coefficient (Wildman–Crippen LogP) is 5.04. The normalized spacial score (nSPS) is 16.1. The topological polar surface area (TPSA) is 112 Å². The van der Waals surface area contributed by atoms with Gasteiger partial charge in [0.15, 0.2) is 5.17 Å². The van der Waals surface area contributed by atoms with Crippen LogP contribution >= 0.6 is 11.8 Å². The van der Waals surface area contributed by atoms with Gasteiger partial charge in [0.25, 0.3) is 5.91 Å². The standard InChI is InChI=1S/C31H30FN5O4S/c1-3-26(29(39)35-23-10-6-7-11-25(23)41-2)42-31-36-22-9-5-4-8-21(22)28-34-24(30(40)37(28)31)16-17-27(38)33-18-19-12-14-20(32)15-13-19/h4-15,24,26H,3,16-18H2,1-2H3,(H,33,38)(H,35,39). The number of para-hydroxylation sites is 3. The highest BCUT2D eigenvalue weighted by Crippen LogP contribution is 2.36. The van der Waals surface area contributed by atoms with Gasteiger partial charge in [-0.1, -0.05) is 55.1 Å². The summed E-state index contributed by atoms with van der Waals surface area (Å²) >= 11 is 1.20. The van der Waals surface area contributed by atoms with Crippen LogP contribution in [0, 0.1) is 5.82 Å². The summed E-state index contributed by atoms with van der Waals surface area (Å²) < 4.78 is 18.5. The van der Waals surface area contributed by atoms with E-state index in [1.165, 1.54) is 35.9 Å². The fraction of sp³-hybridized carbons (Fsp3) is 0.258. The Morgan fingerprint density at radius 2 is 1.81 bits per heavy atom. The lowest BCUT2D eigenvalue weighted by molar-refractivity contribution is -0.125. The van der Waals surface area contributed by atoms with Crippen LogP contribution < -0.4 is 15.4 Å². The number of carbonyl (C=O) groups excluding carboxylic acids is 3. The van der Waals surface area contributed by atoms with Crippen molar-refractivity contribution < 1.29 is 23.5 Å². The number of aliphatic imine (C=N–C) groups is 2. The van der Waals surface area contributed by atoms with E-state index in [0.717, 1.165) is 5.56 Å². The zero-order valence-electron chi connectivity index (χ0n) is 23.2. The predicted molar refractivity (Wildman–Crippen MR) is 161 cm³/mol. The summed E-state index contributed by atoms with van der Waals surface area (Å²) in [7, 11) is 1.54. The molecule has 0 radical (unpaired) electrons. The molecule has 0 bridgehead atoms. The smallest absolute Gasteiger partial charge is 0.259 e. The van der Waals surface area contributed by atoms with Gasteiger partial charge in [0.2, 0.25) is 11.8 Å². The van der Waals surface area contributed by atoms with Crippen molar-refractivity contribution in [3.63, 3.8) is 0 Å². The Morgan fingerprint density at radius 3 is 2.57 bits per heavy atom. The van der Waals surface area contributed by atoms with E-state index < -0.39 is 11.3 Å². The van der Waals surface area contributed by atoms with Gasteiger partial charge in [-0.3, -0.25) is 19.4 Å². The molecule has 0 saturated heterocycles. The Hall–Kier alpha value is -4.51. The number of ether oxygens (including phenoxy) is 1. The highest BCUT2D eigenvalue weighted by Gasteiger charge is 2.42. The minimum Gasteiger partial charge on any atom is -0.495 e. The molecule has 11 heteroatoms. The van der Waals surface area contributed by atoms with E-state index >= 15 is 0 Å². The van der Waals surface area contributed by atoms with Crippen LogP contribution in [0.5, 0.6) is 5.75 Å². The van der Waals surface area contributed by atoms with Crippen molar-refractivity contribution >= 4 is 51.9 Å². The number of methoxy groups -OCH3 is 1. The molecule has 0 fully saturated rings. The van der Waals surface area contributed by atoms with Crippen LogP contribution in [-0.2, 0) is 20.9 Å². The molecule has 9 nitrogen and oxygen atoms in total. The molecule has 0 spiro atoms. The summed E-state index contributed by atoms with van der Waals surface area (Å²) in [5.74, 6) is -0.108. The summed E-state index contributed by atoms with van der Waals surface area (Å²) in [5, 5.41) is 5.54. The molecule has 0 aliphatic carbocycles. The average Bonchev–Trinajstić information content (AvgIpc) is 3.35. The molecule has 5 rings (SSSR count). The van der Waals surface area contributed by atoms with Crippen LogP contribution in [0.4, 0.5) is 15.8 Å². The second-order valence-electron chi connectivity index (χ2n) is 9.70. The SMILES string of the molecule is CCC(SC1=Nc2ccccc2C2=NC(CCC(=O)NCc3ccc(F)cc3)C(=O)N12)C(=O)Nc1ccccc1OC. The largest absolute Gasteiger partial charge is 0.495 e. The van der Waals surface area contributed by atoms with E-state index in [4.69, 9.17) is 14.7 Å². The van der Waals surface area contributed by atoms with Gasteiger partial charge in [0, 0.05) is 18.5 Å². The van der Waals surface area contributed by atoms with E-state index in [1.807, 2.05) is 43.3 Å². The second-order valence-corrected chi connectivity index (χ2v) is 10.9. The maximum absolute atomic E-state index is 13.6. The van der Waals surface area contributed by atoms with Gasteiger partial charge < -0.3 is 15.4 Å². The number of nitrogens with one attached hydrogen (secondary N) is 2. The Labute approximate surface area is 247 Å². The lowest BCUT2D eigenvalue weighted by atomic mass is 10.1. The third-order valence-electron chi connectivity index (χ3n) is 6.87. The summed E-state index contributed by atoms with van der Waals surface area (Å²) in [4.78, 5) is 50.4. The number of thioether (sulfide) groups is 1. The zero-order valence-corrected chi connectivity index (χ0v) is 24.0. The van der Waals surface area contributed by atoms with Crippen molar-refractivity contribution in [2.24, 2.45) is 9.98 Å². The van der Waals surface area contributed by atoms with E-state index in [1.54, 1.807) is 24.3 Å². The summed E-state index contributed by atoms with van der Waals surface area (Å²) in [6.07, 6.45) is 0.778. The van der Waals surface area contributed by atoms with Crippen molar-refractivity contribution in [2.75, 3.05) is 12.4 Å². The number of rotatable bonds is 10. The Morgan fingerprint density at radius 1 is 1.07 bits per heavy atom. The van der Waals surface area contributed by atoms with Gasteiger partial charge in [-0.2, -0.15) is 0 Å². The van der Waals surface area contributed by atoms with E-state index in [-0.39, 0.29) is 42.9 Å². The number of amides is 3. The van der Waals surface area contributed by atoms with Crippen molar-refractivity contribution in [2.45, 2.75) is 44.0 Å². The molecule has 2 aliphatic heterocycles. The van der Waals surface area contributed by atoms with Crippen molar-refractivity contribution in [1.29, 1.82) is 0 Å². The van der Waals surface area contributed by atoms with Gasteiger partial charge in [0.05, 0.1) is 23.7 Å². The molecule has 2 aliphatic rings. The third kappa shape index (κ3) is 6.36. The molecule has 3 amide bonds. The monoisotopic (exact) mass is 587 g/mol. The van der Waals surface area contributed by atoms with Gasteiger partial charge >= 0.3 is 0 Å². The number of fused-ring (bicyclic) bond motifs is 3. The van der Waals surface area contributed by atoms with Crippen LogP contribution in [0.3, 0.4) is 0 Å². The number of amidine groups is 2. The first-order valence-electron chi connectivity index (χ1n) is 13.6. The fourth-order valence-electron chi connectivity index (χ4n) is 4.64. The van der Waals surface area contributed by atoms with Crippen LogP contribution in [0.25, 0.3) is 0 Å². The highest BCUT2D eigenvalue weighted by atomic mass is 32.2. The average molecular weight is 588 g/mol. The third-order valence-corrected chi connectivity index (χ3v) is 8.19. The lowest BCUT2D eigenvalue weighted by Gasteiger charge is -2.27. The number of hydrogen-bond donors (Lipinski definition) is 2. The number of halogens is 1. The number of anilines is 1. The zero-order chi connectivity index (χ0) is 29.6. The minimum absolute atomic E-state index is 0.0857. The Kier molecular flexibility index (Phi) is 8.97. The quantitative estimate of drug-likeness (QED) is 0.345. The first-order chi connectivity index (χ1) is 20.4. The summed E-state index contributed by atoms with van der Waals surface area (Å²) in [6, 6.07) is 19.7. The van der Waals surface area contributed by atoms with Gasteiger partial charge in [0.1, 0.15) is 23.4 Å². The molecule has 0 saturated carbocycles. The van der Waals surface area contributed by atoms with Gasteiger partial charge in [-0.25, -0.2) is 14.3 Å². The van der Waals surface area contributed by atoms with Crippen LogP contribution in [0.15, 0.2) is 82.8 Å².